The predicted molar refractivity (Wildman–Crippen MR) is 111 cm³/mol. The number of rotatable bonds is 5. The Labute approximate surface area is 168 Å². The van der Waals surface area contributed by atoms with Crippen LogP contribution in [0.1, 0.15) is 21.6 Å². The number of hydrogen-bond donors (Lipinski definition) is 2. The second-order valence-corrected chi connectivity index (χ2v) is 7.30. The summed E-state index contributed by atoms with van der Waals surface area (Å²) < 4.78 is 5.37. The highest BCUT2D eigenvalue weighted by molar-refractivity contribution is 6.29. The number of carbonyl (C=O) groups excluding carboxylic acids is 1. The number of nitrogens with zero attached hydrogens (tertiary/aromatic N) is 2. The van der Waals surface area contributed by atoms with Crippen LogP contribution in [0.2, 0.25) is 5.15 Å². The van der Waals surface area contributed by atoms with Gasteiger partial charge in [0.25, 0.3) is 5.91 Å². The van der Waals surface area contributed by atoms with Gasteiger partial charge in [0.2, 0.25) is 0 Å². The smallest absolute Gasteiger partial charge is 0.251 e. The Morgan fingerprint density at radius 2 is 2.07 bits per heavy atom. The van der Waals surface area contributed by atoms with Crippen LogP contribution >= 0.6 is 11.6 Å². The standard InChI is InChI=1S/C21H23ClN4O2/c1-14-16(17-4-2-3-5-18(17)24-14)6-7-23-21(27)15-12-19(22)25-20(13-15)26-8-10-28-11-9-26/h2-5,12-13,24H,6-11H2,1H3,(H,23,27). The van der Waals surface area contributed by atoms with Gasteiger partial charge in [-0.25, -0.2) is 4.98 Å². The van der Waals surface area contributed by atoms with Gasteiger partial charge < -0.3 is 19.9 Å². The lowest BCUT2D eigenvalue weighted by atomic mass is 10.1. The molecule has 1 aromatic carbocycles. The number of fused-ring (bicyclic) bond motifs is 1. The Bertz CT molecular complexity index is 995. The molecule has 1 aliphatic rings. The molecule has 1 fully saturated rings. The van der Waals surface area contributed by atoms with Gasteiger partial charge in [-0.3, -0.25) is 4.79 Å². The van der Waals surface area contributed by atoms with Crippen LogP contribution < -0.4 is 10.2 Å². The van der Waals surface area contributed by atoms with Crippen molar-refractivity contribution in [3.63, 3.8) is 0 Å². The highest BCUT2D eigenvalue weighted by Gasteiger charge is 2.16. The maximum atomic E-state index is 12.7. The topological polar surface area (TPSA) is 70.2 Å². The molecule has 0 aliphatic carbocycles. The van der Waals surface area contributed by atoms with Gasteiger partial charge in [-0.15, -0.1) is 0 Å². The number of anilines is 1. The molecule has 28 heavy (non-hydrogen) atoms. The second kappa shape index (κ2) is 8.20. The van der Waals surface area contributed by atoms with E-state index in [1.165, 1.54) is 10.9 Å². The molecule has 3 aromatic rings. The zero-order chi connectivity index (χ0) is 19.5. The molecule has 3 heterocycles. The predicted octanol–water partition coefficient (Wildman–Crippen LogP) is 3.33. The van der Waals surface area contributed by atoms with Crippen molar-refractivity contribution in [1.82, 2.24) is 15.3 Å². The fourth-order valence-corrected chi connectivity index (χ4v) is 3.83. The molecule has 4 rings (SSSR count). The largest absolute Gasteiger partial charge is 0.378 e. The van der Waals surface area contributed by atoms with Gasteiger partial charge in [-0.05, 0) is 37.1 Å². The van der Waals surface area contributed by atoms with E-state index in [2.05, 4.69) is 39.2 Å². The van der Waals surface area contributed by atoms with Gasteiger partial charge in [0.05, 0.1) is 13.2 Å². The minimum absolute atomic E-state index is 0.142. The van der Waals surface area contributed by atoms with E-state index in [-0.39, 0.29) is 5.91 Å². The van der Waals surface area contributed by atoms with Crippen molar-refractivity contribution in [3.8, 4) is 0 Å². The molecule has 0 saturated carbocycles. The van der Waals surface area contributed by atoms with Crippen molar-refractivity contribution in [2.24, 2.45) is 0 Å². The average Bonchev–Trinajstić information content (AvgIpc) is 3.03. The number of amides is 1. The SMILES string of the molecule is Cc1[nH]c2ccccc2c1CCNC(=O)c1cc(Cl)nc(N2CCOCC2)c1. The van der Waals surface area contributed by atoms with Crippen molar-refractivity contribution in [3.05, 3.63) is 58.4 Å². The second-order valence-electron chi connectivity index (χ2n) is 6.92. The van der Waals surface area contributed by atoms with E-state index in [0.29, 0.717) is 36.3 Å². The van der Waals surface area contributed by atoms with E-state index in [4.69, 9.17) is 16.3 Å². The normalized spacial score (nSPS) is 14.4. The third-order valence-corrected chi connectivity index (χ3v) is 5.26. The number of para-hydroxylation sites is 1. The lowest BCUT2D eigenvalue weighted by Crippen LogP contribution is -2.37. The number of benzene rings is 1. The summed E-state index contributed by atoms with van der Waals surface area (Å²) in [4.78, 5) is 22.5. The van der Waals surface area contributed by atoms with Crippen molar-refractivity contribution < 1.29 is 9.53 Å². The van der Waals surface area contributed by atoms with E-state index in [9.17, 15) is 4.79 Å². The number of carbonyl (C=O) groups is 1. The average molecular weight is 399 g/mol. The lowest BCUT2D eigenvalue weighted by molar-refractivity contribution is 0.0954. The van der Waals surface area contributed by atoms with Crippen molar-refractivity contribution >= 4 is 34.2 Å². The van der Waals surface area contributed by atoms with Gasteiger partial charge >= 0.3 is 0 Å². The van der Waals surface area contributed by atoms with E-state index < -0.39 is 0 Å². The van der Waals surface area contributed by atoms with E-state index >= 15 is 0 Å². The zero-order valence-electron chi connectivity index (χ0n) is 15.8. The Hall–Kier alpha value is -2.57. The number of nitrogens with one attached hydrogen (secondary N) is 2. The van der Waals surface area contributed by atoms with Crippen LogP contribution in [-0.2, 0) is 11.2 Å². The number of aryl methyl sites for hydroxylation is 1. The Kier molecular flexibility index (Phi) is 5.50. The molecule has 1 saturated heterocycles. The third kappa shape index (κ3) is 3.98. The van der Waals surface area contributed by atoms with Crippen LogP contribution in [0.5, 0.6) is 0 Å². The molecule has 146 valence electrons. The molecule has 0 bridgehead atoms. The van der Waals surface area contributed by atoms with Crippen molar-refractivity contribution in [2.75, 3.05) is 37.7 Å². The molecule has 0 spiro atoms. The van der Waals surface area contributed by atoms with Crippen molar-refractivity contribution in [2.45, 2.75) is 13.3 Å². The summed E-state index contributed by atoms with van der Waals surface area (Å²) in [5.41, 5.74) is 4.02. The number of H-pyrrole nitrogens is 1. The number of pyridine rings is 1. The quantitative estimate of drug-likeness (QED) is 0.647. The maximum Gasteiger partial charge on any atom is 0.251 e. The fraction of sp³-hybridized carbons (Fsp3) is 0.333. The summed E-state index contributed by atoms with van der Waals surface area (Å²) in [6.07, 6.45) is 0.761. The molecular formula is C21H23ClN4O2. The molecule has 0 atom stereocenters. The van der Waals surface area contributed by atoms with Crippen LogP contribution in [-0.4, -0.2) is 48.7 Å². The lowest BCUT2D eigenvalue weighted by Gasteiger charge is -2.28. The first-order chi connectivity index (χ1) is 13.6. The molecular weight excluding hydrogens is 376 g/mol. The number of halogens is 1. The summed E-state index contributed by atoms with van der Waals surface area (Å²) >= 11 is 6.16. The molecule has 2 N–H and O–H groups in total. The van der Waals surface area contributed by atoms with E-state index in [1.807, 2.05) is 12.1 Å². The molecule has 6 nitrogen and oxygen atoms in total. The Morgan fingerprint density at radius 1 is 1.29 bits per heavy atom. The number of morpholine rings is 1. The highest BCUT2D eigenvalue weighted by Crippen LogP contribution is 2.22. The van der Waals surface area contributed by atoms with Crippen molar-refractivity contribution in [1.29, 1.82) is 0 Å². The summed E-state index contributed by atoms with van der Waals surface area (Å²) in [5, 5.41) is 4.53. The molecule has 0 radical (unpaired) electrons. The van der Waals surface area contributed by atoms with Crippen LogP contribution in [0.3, 0.4) is 0 Å². The minimum Gasteiger partial charge on any atom is -0.378 e. The first-order valence-electron chi connectivity index (χ1n) is 9.46. The Morgan fingerprint density at radius 3 is 2.89 bits per heavy atom. The first kappa shape index (κ1) is 18.8. The van der Waals surface area contributed by atoms with Gasteiger partial charge in [0.1, 0.15) is 11.0 Å². The fourth-order valence-electron chi connectivity index (χ4n) is 3.63. The van der Waals surface area contributed by atoms with Crippen LogP contribution in [0.25, 0.3) is 10.9 Å². The van der Waals surface area contributed by atoms with Gasteiger partial charge in [-0.1, -0.05) is 29.8 Å². The molecule has 2 aromatic heterocycles. The summed E-state index contributed by atoms with van der Waals surface area (Å²) in [5.74, 6) is 0.574. The zero-order valence-corrected chi connectivity index (χ0v) is 16.6. The number of ether oxygens (including phenoxy) is 1. The highest BCUT2D eigenvalue weighted by atomic mass is 35.5. The maximum absolute atomic E-state index is 12.7. The van der Waals surface area contributed by atoms with Gasteiger partial charge in [0, 0.05) is 41.8 Å². The first-order valence-corrected chi connectivity index (χ1v) is 9.84. The van der Waals surface area contributed by atoms with E-state index in [1.54, 1.807) is 12.1 Å². The molecule has 7 heteroatoms. The van der Waals surface area contributed by atoms with Crippen LogP contribution in [0, 0.1) is 6.92 Å². The molecule has 0 unspecified atom stereocenters. The van der Waals surface area contributed by atoms with Crippen LogP contribution in [0.15, 0.2) is 36.4 Å². The van der Waals surface area contributed by atoms with Crippen LogP contribution in [0.4, 0.5) is 5.82 Å². The number of aromatic nitrogens is 2. The molecule has 1 aliphatic heterocycles. The Balaban J connectivity index is 1.43. The number of aromatic amines is 1. The summed E-state index contributed by atoms with van der Waals surface area (Å²) in [6.45, 7) is 5.41. The number of hydrogen-bond acceptors (Lipinski definition) is 4. The molecule has 1 amide bonds. The minimum atomic E-state index is -0.142. The van der Waals surface area contributed by atoms with Gasteiger partial charge in [0.15, 0.2) is 0 Å². The van der Waals surface area contributed by atoms with E-state index in [0.717, 1.165) is 30.7 Å². The third-order valence-electron chi connectivity index (χ3n) is 5.07. The monoisotopic (exact) mass is 398 g/mol. The van der Waals surface area contributed by atoms with Gasteiger partial charge in [-0.2, -0.15) is 0 Å². The summed E-state index contributed by atoms with van der Waals surface area (Å²) in [7, 11) is 0. The summed E-state index contributed by atoms with van der Waals surface area (Å²) in [6, 6.07) is 11.6.